The number of nitrogens with one attached hydrogen (secondary N) is 1. The normalized spacial score (nSPS) is 11.5. The monoisotopic (exact) mass is 508 g/mol. The first kappa shape index (κ1) is 24.5. The van der Waals surface area contributed by atoms with Crippen LogP contribution in [0.15, 0.2) is 77.3 Å². The van der Waals surface area contributed by atoms with Gasteiger partial charge < -0.3 is 15.0 Å². The molecule has 0 aliphatic rings. The zero-order valence-electron chi connectivity index (χ0n) is 19.2. The average Bonchev–Trinajstić information content (AvgIpc) is 2.79. The number of likely N-dealkylation sites (N-methyl/N-ethyl adjacent to an activating group) is 1. The molecule has 1 atom stereocenters. The maximum absolute atomic E-state index is 13.4. The first-order valence-corrected chi connectivity index (χ1v) is 11.7. The lowest BCUT2D eigenvalue weighted by atomic mass is 10.0. The van der Waals surface area contributed by atoms with Gasteiger partial charge in [-0.05, 0) is 60.4 Å². The number of ether oxygens (including phenoxy) is 1. The van der Waals surface area contributed by atoms with E-state index >= 15 is 0 Å². The Morgan fingerprint density at radius 3 is 2.24 bits per heavy atom. The van der Waals surface area contributed by atoms with E-state index in [1.165, 1.54) is 0 Å². The summed E-state index contributed by atoms with van der Waals surface area (Å²) < 4.78 is 6.77. The fraction of sp³-hybridized carbons (Fsp3) is 0.259. The van der Waals surface area contributed by atoms with Crippen LogP contribution in [-0.2, 0) is 22.6 Å². The summed E-state index contributed by atoms with van der Waals surface area (Å²) in [5, 5.41) is 2.72. The van der Waals surface area contributed by atoms with Crippen LogP contribution in [0, 0.1) is 13.8 Å². The third kappa shape index (κ3) is 7.19. The minimum atomic E-state index is -0.674. The Morgan fingerprint density at radius 2 is 1.61 bits per heavy atom. The van der Waals surface area contributed by atoms with Crippen LogP contribution in [0.25, 0.3) is 0 Å². The maximum atomic E-state index is 13.4. The SMILES string of the molecule is CNC(=O)[C@H](Cc1ccccc1)N(Cc1cccc(Br)c1)C(=O)COc1cc(C)cc(C)c1. The molecule has 0 fully saturated rings. The zero-order chi connectivity index (χ0) is 23.8. The van der Waals surface area contributed by atoms with E-state index < -0.39 is 6.04 Å². The van der Waals surface area contributed by atoms with Crippen molar-refractivity contribution in [2.24, 2.45) is 0 Å². The summed E-state index contributed by atoms with van der Waals surface area (Å²) in [7, 11) is 1.59. The van der Waals surface area contributed by atoms with Gasteiger partial charge >= 0.3 is 0 Å². The number of hydrogen-bond donors (Lipinski definition) is 1. The predicted molar refractivity (Wildman–Crippen MR) is 134 cm³/mol. The third-order valence-electron chi connectivity index (χ3n) is 5.32. The molecule has 3 aromatic rings. The summed E-state index contributed by atoms with van der Waals surface area (Å²) in [6.45, 7) is 4.12. The van der Waals surface area contributed by atoms with E-state index in [4.69, 9.17) is 4.74 Å². The number of carbonyl (C=O) groups is 2. The van der Waals surface area contributed by atoms with Crippen molar-refractivity contribution in [3.05, 3.63) is 99.5 Å². The quantitative estimate of drug-likeness (QED) is 0.450. The fourth-order valence-corrected chi connectivity index (χ4v) is 4.24. The first-order valence-electron chi connectivity index (χ1n) is 10.9. The van der Waals surface area contributed by atoms with E-state index in [-0.39, 0.29) is 18.4 Å². The second-order valence-electron chi connectivity index (χ2n) is 8.08. The lowest BCUT2D eigenvalue weighted by molar-refractivity contribution is -0.142. The van der Waals surface area contributed by atoms with Gasteiger partial charge in [-0.1, -0.05) is 64.5 Å². The number of halogens is 1. The Labute approximate surface area is 203 Å². The molecule has 3 rings (SSSR count). The van der Waals surface area contributed by atoms with E-state index in [1.54, 1.807) is 11.9 Å². The standard InChI is InChI=1S/C27H29BrN2O3/c1-19-12-20(2)14-24(13-19)33-18-26(31)30(17-22-10-7-11-23(28)15-22)25(27(32)29-3)16-21-8-5-4-6-9-21/h4-15,25H,16-18H2,1-3H3,(H,29,32)/t25-/m0/s1. The maximum Gasteiger partial charge on any atom is 0.261 e. The van der Waals surface area contributed by atoms with Crippen LogP contribution in [0.4, 0.5) is 0 Å². The van der Waals surface area contributed by atoms with Crippen molar-refractivity contribution >= 4 is 27.7 Å². The Bertz CT molecular complexity index is 1080. The molecular weight excluding hydrogens is 480 g/mol. The minimum Gasteiger partial charge on any atom is -0.484 e. The van der Waals surface area contributed by atoms with Gasteiger partial charge in [-0.2, -0.15) is 0 Å². The Hall–Kier alpha value is -3.12. The number of aryl methyl sites for hydroxylation is 2. The lowest BCUT2D eigenvalue weighted by Crippen LogP contribution is -2.51. The number of nitrogens with zero attached hydrogens (tertiary/aromatic N) is 1. The van der Waals surface area contributed by atoms with Crippen molar-refractivity contribution in [1.29, 1.82) is 0 Å². The fourth-order valence-electron chi connectivity index (χ4n) is 3.80. The number of amides is 2. The summed E-state index contributed by atoms with van der Waals surface area (Å²) in [4.78, 5) is 28.0. The van der Waals surface area contributed by atoms with Crippen molar-refractivity contribution in [2.45, 2.75) is 32.9 Å². The van der Waals surface area contributed by atoms with Crippen molar-refractivity contribution in [1.82, 2.24) is 10.2 Å². The lowest BCUT2D eigenvalue weighted by Gasteiger charge is -2.31. The van der Waals surface area contributed by atoms with Gasteiger partial charge in [0.15, 0.2) is 6.61 Å². The minimum absolute atomic E-state index is 0.154. The van der Waals surface area contributed by atoms with Crippen LogP contribution in [0.1, 0.15) is 22.3 Å². The van der Waals surface area contributed by atoms with Crippen LogP contribution in [0.3, 0.4) is 0 Å². The van der Waals surface area contributed by atoms with Crippen molar-refractivity contribution in [3.8, 4) is 5.75 Å². The molecule has 0 saturated carbocycles. The highest BCUT2D eigenvalue weighted by atomic mass is 79.9. The van der Waals surface area contributed by atoms with Crippen LogP contribution in [0.5, 0.6) is 5.75 Å². The number of carbonyl (C=O) groups excluding carboxylic acids is 2. The summed E-state index contributed by atoms with van der Waals surface area (Å²) >= 11 is 3.49. The highest BCUT2D eigenvalue weighted by Gasteiger charge is 2.30. The van der Waals surface area contributed by atoms with Gasteiger partial charge in [-0.15, -0.1) is 0 Å². The van der Waals surface area contributed by atoms with Crippen molar-refractivity contribution < 1.29 is 14.3 Å². The largest absolute Gasteiger partial charge is 0.484 e. The third-order valence-corrected chi connectivity index (χ3v) is 5.81. The Kier molecular flexibility index (Phi) is 8.66. The molecule has 33 heavy (non-hydrogen) atoms. The molecule has 5 nitrogen and oxygen atoms in total. The second-order valence-corrected chi connectivity index (χ2v) is 9.00. The van der Waals surface area contributed by atoms with Gasteiger partial charge in [-0.3, -0.25) is 9.59 Å². The number of rotatable bonds is 9. The molecule has 0 aliphatic heterocycles. The zero-order valence-corrected chi connectivity index (χ0v) is 20.8. The molecule has 0 bridgehead atoms. The average molecular weight is 509 g/mol. The topological polar surface area (TPSA) is 58.6 Å². The molecule has 3 aromatic carbocycles. The van der Waals surface area contributed by atoms with E-state index in [0.29, 0.717) is 18.7 Å². The molecular formula is C27H29BrN2O3. The number of hydrogen-bond acceptors (Lipinski definition) is 3. The van der Waals surface area contributed by atoms with Gasteiger partial charge in [-0.25, -0.2) is 0 Å². The van der Waals surface area contributed by atoms with E-state index in [2.05, 4.69) is 27.3 Å². The first-order chi connectivity index (χ1) is 15.9. The highest BCUT2D eigenvalue weighted by Crippen LogP contribution is 2.20. The van der Waals surface area contributed by atoms with Gasteiger partial charge in [0.05, 0.1) is 0 Å². The van der Waals surface area contributed by atoms with Gasteiger partial charge in [0.25, 0.3) is 5.91 Å². The van der Waals surface area contributed by atoms with Crippen LogP contribution >= 0.6 is 15.9 Å². The van der Waals surface area contributed by atoms with E-state index in [1.807, 2.05) is 80.6 Å². The summed E-state index contributed by atoms with van der Waals surface area (Å²) in [5.74, 6) is 0.176. The van der Waals surface area contributed by atoms with Crippen LogP contribution < -0.4 is 10.1 Å². The molecule has 0 unspecified atom stereocenters. The van der Waals surface area contributed by atoms with E-state index in [0.717, 1.165) is 26.7 Å². The molecule has 0 saturated heterocycles. The van der Waals surface area contributed by atoms with Gasteiger partial charge in [0.2, 0.25) is 5.91 Å². The number of benzene rings is 3. The Morgan fingerprint density at radius 1 is 0.939 bits per heavy atom. The molecule has 0 heterocycles. The van der Waals surface area contributed by atoms with E-state index in [9.17, 15) is 9.59 Å². The summed E-state index contributed by atoms with van der Waals surface area (Å²) in [6.07, 6.45) is 0.407. The molecule has 0 spiro atoms. The predicted octanol–water partition coefficient (Wildman–Crippen LogP) is 4.83. The molecule has 172 valence electrons. The van der Waals surface area contributed by atoms with Crippen LogP contribution in [0.2, 0.25) is 0 Å². The van der Waals surface area contributed by atoms with Crippen LogP contribution in [-0.4, -0.2) is 36.4 Å². The summed E-state index contributed by atoms with van der Waals surface area (Å²) in [5.41, 5.74) is 4.03. The molecule has 0 radical (unpaired) electrons. The van der Waals surface area contributed by atoms with Crippen molar-refractivity contribution in [2.75, 3.05) is 13.7 Å². The molecule has 0 aliphatic carbocycles. The Balaban J connectivity index is 1.88. The highest BCUT2D eigenvalue weighted by molar-refractivity contribution is 9.10. The second kappa shape index (κ2) is 11.7. The molecule has 0 aromatic heterocycles. The van der Waals surface area contributed by atoms with Crippen molar-refractivity contribution in [3.63, 3.8) is 0 Å². The van der Waals surface area contributed by atoms with Gasteiger partial charge in [0.1, 0.15) is 11.8 Å². The molecule has 2 amide bonds. The molecule has 6 heteroatoms. The summed E-state index contributed by atoms with van der Waals surface area (Å²) in [6, 6.07) is 22.6. The van der Waals surface area contributed by atoms with Gasteiger partial charge in [0, 0.05) is 24.5 Å². The smallest absolute Gasteiger partial charge is 0.261 e. The molecule has 1 N–H and O–H groups in total.